The van der Waals surface area contributed by atoms with Gasteiger partial charge in [-0.15, -0.1) is 6.58 Å². The maximum atomic E-state index is 14.7. The lowest BCUT2D eigenvalue weighted by Gasteiger charge is -2.35. The molecule has 13 heteroatoms. The van der Waals surface area contributed by atoms with Gasteiger partial charge in [-0.3, -0.25) is 14.4 Å². The molecule has 1 aromatic heterocycles. The first-order valence-electron chi connectivity index (χ1n) is 21.3. The number of hydrogen-bond donors (Lipinski definition) is 3. The number of nitrogens with zero attached hydrogens (tertiary/aromatic N) is 3. The number of fused-ring (bicyclic) bond motifs is 5. The average molecular weight is 785 g/mol. The quantitative estimate of drug-likeness (QED) is 0.312. The molecule has 4 N–H and O–H groups in total. The Bertz CT molecular complexity index is 1890. The number of aromatic nitrogens is 1. The van der Waals surface area contributed by atoms with Gasteiger partial charge in [-0.2, -0.15) is 0 Å². The normalized spacial score (nSPS) is 31.4. The number of nitrogens with one attached hydrogen (secondary N) is 2. The molecule has 2 aromatic rings. The van der Waals surface area contributed by atoms with Gasteiger partial charge in [0.2, 0.25) is 23.6 Å². The second-order valence-electron chi connectivity index (χ2n) is 18.6. The number of para-hydroxylation sites is 1. The van der Waals surface area contributed by atoms with Crippen LogP contribution in [0.3, 0.4) is 0 Å². The Morgan fingerprint density at radius 2 is 1.84 bits per heavy atom. The molecule has 13 nitrogen and oxygen atoms in total. The van der Waals surface area contributed by atoms with Gasteiger partial charge in [-0.25, -0.2) is 9.78 Å². The molecule has 6 aliphatic rings. The van der Waals surface area contributed by atoms with Gasteiger partial charge in [-0.1, -0.05) is 51.8 Å². The van der Waals surface area contributed by atoms with E-state index in [1.807, 2.05) is 39.0 Å². The number of benzene rings is 1. The topological polar surface area (TPSA) is 165 Å². The van der Waals surface area contributed by atoms with E-state index >= 15 is 0 Å². The maximum absolute atomic E-state index is 14.7. The first-order valence-corrected chi connectivity index (χ1v) is 21.3. The summed E-state index contributed by atoms with van der Waals surface area (Å²) < 4.78 is 19.7. The number of carbonyl (C=O) groups is 4. The van der Waals surface area contributed by atoms with E-state index in [-0.39, 0.29) is 37.0 Å². The van der Waals surface area contributed by atoms with Gasteiger partial charge in [0.25, 0.3) is 0 Å². The number of pyridine rings is 1. The highest BCUT2D eigenvalue weighted by atomic mass is 16.6. The average Bonchev–Trinajstić information content (AvgIpc) is 4.13. The van der Waals surface area contributed by atoms with Crippen molar-refractivity contribution in [2.75, 3.05) is 26.2 Å². The zero-order chi connectivity index (χ0) is 40.1. The second kappa shape index (κ2) is 15.8. The highest BCUT2D eigenvalue weighted by Crippen LogP contribution is 2.45. The van der Waals surface area contributed by atoms with Crippen molar-refractivity contribution < 1.29 is 33.4 Å². The van der Waals surface area contributed by atoms with Gasteiger partial charge >= 0.3 is 6.09 Å². The first-order chi connectivity index (χ1) is 27.3. The molecule has 5 fully saturated rings. The van der Waals surface area contributed by atoms with E-state index in [0.29, 0.717) is 18.7 Å². The number of carbonyl (C=O) groups excluding carboxylic acids is 4. The van der Waals surface area contributed by atoms with Crippen LogP contribution in [0.4, 0.5) is 4.79 Å². The lowest BCUT2D eigenvalue weighted by Crippen LogP contribution is -2.59. The van der Waals surface area contributed by atoms with E-state index in [1.54, 1.807) is 6.08 Å². The zero-order valence-corrected chi connectivity index (χ0v) is 33.8. The van der Waals surface area contributed by atoms with Crippen LogP contribution in [0.1, 0.15) is 97.0 Å². The fourth-order valence-electron chi connectivity index (χ4n) is 9.25. The molecule has 0 spiro atoms. The summed E-state index contributed by atoms with van der Waals surface area (Å²) in [7, 11) is 0. The van der Waals surface area contributed by atoms with Crippen molar-refractivity contribution in [3.63, 3.8) is 0 Å². The Balaban J connectivity index is 1.13. The molecular weight excluding hydrogens is 725 g/mol. The predicted molar refractivity (Wildman–Crippen MR) is 214 cm³/mol. The number of alkyl carbamates (subject to hydrolysis) is 1. The third kappa shape index (κ3) is 8.59. The number of ether oxygens (including phenoxy) is 3. The molecule has 4 amide bonds. The first kappa shape index (κ1) is 39.4. The van der Waals surface area contributed by atoms with Crippen molar-refractivity contribution in [2.45, 2.75) is 134 Å². The number of amides is 4. The third-order valence-corrected chi connectivity index (χ3v) is 13.1. The number of rotatable bonds is 8. The van der Waals surface area contributed by atoms with Crippen LogP contribution in [0, 0.1) is 23.2 Å². The van der Waals surface area contributed by atoms with E-state index < -0.39 is 53.0 Å². The molecule has 2 bridgehead atoms. The monoisotopic (exact) mass is 784 g/mol. The zero-order valence-electron chi connectivity index (χ0n) is 33.8. The van der Waals surface area contributed by atoms with Crippen LogP contribution < -0.4 is 25.8 Å². The van der Waals surface area contributed by atoms with E-state index in [4.69, 9.17) is 24.9 Å². The van der Waals surface area contributed by atoms with Crippen molar-refractivity contribution in [3.8, 4) is 11.6 Å². The molecule has 308 valence electrons. The minimum Gasteiger partial charge on any atom is -0.489 e. The van der Waals surface area contributed by atoms with Crippen molar-refractivity contribution in [2.24, 2.45) is 28.9 Å². The summed E-state index contributed by atoms with van der Waals surface area (Å²) in [6.07, 6.45) is 10.6. The van der Waals surface area contributed by atoms with Gasteiger partial charge < -0.3 is 40.4 Å². The Morgan fingerprint density at radius 1 is 1.07 bits per heavy atom. The highest BCUT2D eigenvalue weighted by Gasteiger charge is 2.60. The van der Waals surface area contributed by atoms with Gasteiger partial charge in [0.1, 0.15) is 41.7 Å². The lowest BCUT2D eigenvalue weighted by molar-refractivity contribution is -0.142. The predicted octanol–water partition coefficient (Wildman–Crippen LogP) is 5.03. The summed E-state index contributed by atoms with van der Waals surface area (Å²) in [5.74, 6) is 0.497. The molecule has 3 aliphatic heterocycles. The summed E-state index contributed by atoms with van der Waals surface area (Å²) in [6, 6.07) is 5.99. The molecule has 0 unspecified atom stereocenters. The van der Waals surface area contributed by atoms with Crippen LogP contribution >= 0.6 is 0 Å². The van der Waals surface area contributed by atoms with Crippen molar-refractivity contribution in [1.29, 1.82) is 0 Å². The van der Waals surface area contributed by atoms with Crippen LogP contribution in [0.2, 0.25) is 0 Å². The molecule has 2 saturated heterocycles. The second-order valence-corrected chi connectivity index (χ2v) is 18.6. The molecule has 1 aromatic carbocycles. The van der Waals surface area contributed by atoms with E-state index in [1.165, 1.54) is 24.3 Å². The van der Waals surface area contributed by atoms with Crippen LogP contribution in [0.25, 0.3) is 10.9 Å². The summed E-state index contributed by atoms with van der Waals surface area (Å²) in [6.45, 7) is 12.7. The van der Waals surface area contributed by atoms with Gasteiger partial charge in [0, 0.05) is 37.4 Å². The van der Waals surface area contributed by atoms with E-state index in [9.17, 15) is 19.2 Å². The van der Waals surface area contributed by atoms with Gasteiger partial charge in [0.05, 0.1) is 17.6 Å². The summed E-state index contributed by atoms with van der Waals surface area (Å²) in [5, 5.41) is 6.70. The number of primary amides is 1. The molecule has 8 rings (SSSR count). The van der Waals surface area contributed by atoms with Gasteiger partial charge in [-0.05, 0) is 87.2 Å². The third-order valence-electron chi connectivity index (χ3n) is 13.1. The molecule has 4 heterocycles. The minimum atomic E-state index is -1.27. The fourth-order valence-corrected chi connectivity index (χ4v) is 9.25. The molecule has 3 saturated carbocycles. The minimum absolute atomic E-state index is 0.0585. The van der Waals surface area contributed by atoms with Crippen LogP contribution in [0.5, 0.6) is 11.6 Å². The number of piperidine rings is 1. The summed E-state index contributed by atoms with van der Waals surface area (Å²) in [4.78, 5) is 64.0. The molecule has 3 aliphatic carbocycles. The highest BCUT2D eigenvalue weighted by molar-refractivity contribution is 5.98. The summed E-state index contributed by atoms with van der Waals surface area (Å²) in [5.41, 5.74) is 5.48. The fraction of sp³-hybridized carbons (Fsp3) is 0.659. The van der Waals surface area contributed by atoms with Crippen LogP contribution in [-0.4, -0.2) is 101 Å². The number of nitrogens with two attached hydrogens (primary N) is 1. The van der Waals surface area contributed by atoms with Crippen LogP contribution in [-0.2, 0) is 25.5 Å². The Labute approximate surface area is 335 Å². The molecular formula is C44H60N6O7. The maximum Gasteiger partial charge on any atom is 0.408 e. The summed E-state index contributed by atoms with van der Waals surface area (Å²) >= 11 is 0. The Hall–Kier alpha value is -4.39. The largest absolute Gasteiger partial charge is 0.489 e. The molecule has 57 heavy (non-hydrogen) atoms. The van der Waals surface area contributed by atoms with Crippen LogP contribution in [0.15, 0.2) is 36.9 Å². The smallest absolute Gasteiger partial charge is 0.408 e. The van der Waals surface area contributed by atoms with E-state index in [2.05, 4.69) is 28.2 Å². The molecule has 7 atom stereocenters. The van der Waals surface area contributed by atoms with Crippen molar-refractivity contribution in [3.05, 3.63) is 42.5 Å². The Morgan fingerprint density at radius 3 is 2.54 bits per heavy atom. The van der Waals surface area contributed by atoms with Gasteiger partial charge in [0.15, 0.2) is 0 Å². The van der Waals surface area contributed by atoms with E-state index in [0.717, 1.165) is 86.2 Å². The van der Waals surface area contributed by atoms with Crippen molar-refractivity contribution in [1.82, 2.24) is 25.4 Å². The number of likely N-dealkylation sites (tertiary alicyclic amines) is 1. The SMILES string of the molecule is C=C[C@@H]1C[C@]1(NC(=O)[C@@H]1C[C@@H]2CN1C(=O)[C@H](C(C)(C)C)NC(=O)O[C@@H]1C[C@H]1CCCCCc1c(nc3ccccc3c1OC1CCN(CC3CC3)CC1)O2)C(N)=O. The van der Waals surface area contributed by atoms with Crippen molar-refractivity contribution >= 4 is 34.7 Å². The standard InChI is InChI=1S/C44H60N6O7/c1-5-28-23-44(28,41(45)53)48-38(51)34-22-30-25-50(34)40(52)37(43(2,3)4)47-42(54)57-35-21-27(35)11-7-6-8-13-32-36(31-12-9-10-14-33(31)46-39(32)56-30)55-29-17-19-49(20-18-29)24-26-15-16-26/h5,9-10,12,14,26-30,34-35,37H,1,6-8,11,13,15-25H2,2-4H3,(H2,45,53)(H,47,54)(H,48,51)/t27-,28-,30-,34+,35-,37-,44-/m1/s1. The Kier molecular flexibility index (Phi) is 10.9. The lowest BCUT2D eigenvalue weighted by atomic mass is 9.85. The number of hydrogen-bond acceptors (Lipinski definition) is 9. The molecule has 0 radical (unpaired) electrons.